The highest BCUT2D eigenvalue weighted by atomic mass is 16.2. The van der Waals surface area contributed by atoms with Crippen LogP contribution in [-0.4, -0.2) is 11.8 Å². The van der Waals surface area contributed by atoms with Crippen molar-refractivity contribution < 1.29 is 9.59 Å². The fraction of sp³-hybridized carbons (Fsp3) is 0.312. The molecule has 0 heterocycles. The molecule has 4 aromatic rings. The fourth-order valence-corrected chi connectivity index (χ4v) is 4.73. The van der Waals surface area contributed by atoms with E-state index >= 15 is 0 Å². The summed E-state index contributed by atoms with van der Waals surface area (Å²) in [6.45, 7) is 0. The molecule has 4 aromatic carbocycles. The predicted molar refractivity (Wildman–Crippen MR) is 151 cm³/mol. The molecule has 4 nitrogen and oxygen atoms in total. The summed E-state index contributed by atoms with van der Waals surface area (Å²) in [5.74, 6) is 0.182. The second-order valence-corrected chi connectivity index (χ2v) is 9.48. The maximum Gasteiger partial charge on any atom is 0.224 e. The Kier molecular flexibility index (Phi) is 9.49. The minimum Gasteiger partial charge on any atom is -0.326 e. The van der Waals surface area contributed by atoms with Crippen LogP contribution in [0, 0.1) is 0 Å². The fourth-order valence-electron chi connectivity index (χ4n) is 4.73. The summed E-state index contributed by atoms with van der Waals surface area (Å²) in [6.07, 6.45) is 9.82. The molecule has 0 aliphatic rings. The lowest BCUT2D eigenvalue weighted by Crippen LogP contribution is -2.11. The average Bonchev–Trinajstić information content (AvgIpc) is 2.90. The summed E-state index contributed by atoms with van der Waals surface area (Å²) < 4.78 is 0. The van der Waals surface area contributed by atoms with Crippen LogP contribution in [0.4, 0.5) is 11.4 Å². The van der Waals surface area contributed by atoms with E-state index in [4.69, 9.17) is 0 Å². The lowest BCUT2D eigenvalue weighted by atomic mass is 10.1. The highest BCUT2D eigenvalue weighted by Crippen LogP contribution is 2.24. The lowest BCUT2D eigenvalue weighted by Gasteiger charge is -2.09. The largest absolute Gasteiger partial charge is 0.326 e. The van der Waals surface area contributed by atoms with Crippen LogP contribution in [0.1, 0.15) is 64.2 Å². The standard InChI is InChI=1S/C32H36N2O2/c35-31(33-29-21-13-17-25-15-9-11-19-27(25)29)23-7-5-3-1-2-4-6-8-24-32(36)34-30-22-14-18-26-16-10-12-20-28(26)30/h9-22H,1-8,23-24H2,(H,33,35)(H,34,36). The third kappa shape index (κ3) is 7.42. The quantitative estimate of drug-likeness (QED) is 0.189. The molecule has 0 bridgehead atoms. The van der Waals surface area contributed by atoms with Crippen LogP contribution in [0.25, 0.3) is 21.5 Å². The summed E-state index contributed by atoms with van der Waals surface area (Å²) in [5, 5.41) is 10.6. The van der Waals surface area contributed by atoms with Crippen LogP contribution in [0.2, 0.25) is 0 Å². The maximum absolute atomic E-state index is 12.4. The Morgan fingerprint density at radius 1 is 0.444 bits per heavy atom. The first-order valence-corrected chi connectivity index (χ1v) is 13.3. The van der Waals surface area contributed by atoms with Gasteiger partial charge in [-0.15, -0.1) is 0 Å². The normalized spacial score (nSPS) is 11.0. The number of rotatable bonds is 13. The van der Waals surface area contributed by atoms with Crippen molar-refractivity contribution in [2.75, 3.05) is 10.6 Å². The van der Waals surface area contributed by atoms with Gasteiger partial charge in [0.25, 0.3) is 0 Å². The molecule has 2 amide bonds. The SMILES string of the molecule is O=C(CCCCCCCCCCC(=O)Nc1cccc2ccccc12)Nc1cccc2ccccc12. The van der Waals surface area contributed by atoms with Crippen molar-refractivity contribution in [2.24, 2.45) is 0 Å². The van der Waals surface area contributed by atoms with Gasteiger partial charge in [0.2, 0.25) is 11.8 Å². The van der Waals surface area contributed by atoms with Crippen molar-refractivity contribution in [3.63, 3.8) is 0 Å². The summed E-state index contributed by atoms with van der Waals surface area (Å²) in [4.78, 5) is 24.7. The van der Waals surface area contributed by atoms with Crippen LogP contribution in [0.5, 0.6) is 0 Å². The highest BCUT2D eigenvalue weighted by Gasteiger charge is 2.07. The van der Waals surface area contributed by atoms with Gasteiger partial charge in [0, 0.05) is 35.0 Å². The third-order valence-corrected chi connectivity index (χ3v) is 6.69. The zero-order valence-electron chi connectivity index (χ0n) is 21.0. The van der Waals surface area contributed by atoms with Gasteiger partial charge >= 0.3 is 0 Å². The van der Waals surface area contributed by atoms with Gasteiger partial charge in [0.1, 0.15) is 0 Å². The molecule has 0 fully saturated rings. The number of amides is 2. The van der Waals surface area contributed by atoms with Gasteiger partial charge in [-0.1, -0.05) is 111 Å². The molecule has 4 heteroatoms. The second-order valence-electron chi connectivity index (χ2n) is 9.48. The molecule has 2 N–H and O–H groups in total. The van der Waals surface area contributed by atoms with Gasteiger partial charge in [-0.05, 0) is 35.7 Å². The van der Waals surface area contributed by atoms with Crippen LogP contribution < -0.4 is 10.6 Å². The van der Waals surface area contributed by atoms with Gasteiger partial charge in [-0.3, -0.25) is 9.59 Å². The van der Waals surface area contributed by atoms with Gasteiger partial charge < -0.3 is 10.6 Å². The third-order valence-electron chi connectivity index (χ3n) is 6.69. The molecule has 0 aromatic heterocycles. The first kappa shape index (κ1) is 25.4. The zero-order valence-corrected chi connectivity index (χ0v) is 21.0. The number of anilines is 2. The van der Waals surface area contributed by atoms with Crippen molar-refractivity contribution in [1.82, 2.24) is 0 Å². The molecule has 0 atom stereocenters. The van der Waals surface area contributed by atoms with Crippen molar-refractivity contribution in [2.45, 2.75) is 64.2 Å². The molecule has 0 aliphatic heterocycles. The lowest BCUT2D eigenvalue weighted by molar-refractivity contribution is -0.117. The first-order valence-electron chi connectivity index (χ1n) is 13.3. The van der Waals surface area contributed by atoms with Crippen LogP contribution in [-0.2, 0) is 9.59 Å². The van der Waals surface area contributed by atoms with Crippen LogP contribution >= 0.6 is 0 Å². The van der Waals surface area contributed by atoms with E-state index in [-0.39, 0.29) is 11.8 Å². The summed E-state index contributed by atoms with van der Waals surface area (Å²) in [5.41, 5.74) is 1.79. The molecular formula is C32H36N2O2. The van der Waals surface area contributed by atoms with Crippen molar-refractivity contribution in [3.8, 4) is 0 Å². The van der Waals surface area contributed by atoms with Crippen LogP contribution in [0.3, 0.4) is 0 Å². The van der Waals surface area contributed by atoms with Crippen molar-refractivity contribution >= 4 is 44.7 Å². The van der Waals surface area contributed by atoms with E-state index in [9.17, 15) is 9.59 Å². The average molecular weight is 481 g/mol. The van der Waals surface area contributed by atoms with E-state index in [1.54, 1.807) is 0 Å². The maximum atomic E-state index is 12.4. The van der Waals surface area contributed by atoms with E-state index in [2.05, 4.69) is 34.9 Å². The number of carbonyl (C=O) groups excluding carboxylic acids is 2. The molecule has 0 aliphatic carbocycles. The molecule has 186 valence electrons. The molecule has 0 spiro atoms. The molecule has 0 saturated carbocycles. The second kappa shape index (κ2) is 13.4. The Labute approximate surface area is 214 Å². The highest BCUT2D eigenvalue weighted by molar-refractivity contribution is 6.03. The Balaban J connectivity index is 1.03. The molecule has 0 saturated heterocycles. The number of unbranched alkanes of at least 4 members (excludes halogenated alkanes) is 7. The number of benzene rings is 4. The minimum atomic E-state index is 0.0909. The zero-order chi connectivity index (χ0) is 25.0. The number of hydrogen-bond donors (Lipinski definition) is 2. The van der Waals surface area contributed by atoms with Gasteiger partial charge in [0.15, 0.2) is 0 Å². The summed E-state index contributed by atoms with van der Waals surface area (Å²) in [6, 6.07) is 28.3. The Bertz CT molecular complexity index is 1190. The predicted octanol–water partition coefficient (Wildman–Crippen LogP) is 8.47. The van der Waals surface area contributed by atoms with Crippen LogP contribution in [0.15, 0.2) is 84.9 Å². The van der Waals surface area contributed by atoms with Crippen molar-refractivity contribution in [1.29, 1.82) is 0 Å². The number of carbonyl (C=O) groups is 2. The Hall–Kier alpha value is -3.66. The summed E-state index contributed by atoms with van der Waals surface area (Å²) in [7, 11) is 0. The number of fused-ring (bicyclic) bond motifs is 2. The number of nitrogens with one attached hydrogen (secondary N) is 2. The molecular weight excluding hydrogens is 444 g/mol. The minimum absolute atomic E-state index is 0.0909. The van der Waals surface area contributed by atoms with Crippen molar-refractivity contribution in [3.05, 3.63) is 84.9 Å². The van der Waals surface area contributed by atoms with E-state index in [0.717, 1.165) is 71.4 Å². The van der Waals surface area contributed by atoms with Gasteiger partial charge in [-0.25, -0.2) is 0 Å². The van der Waals surface area contributed by atoms with Gasteiger partial charge in [0.05, 0.1) is 0 Å². The van der Waals surface area contributed by atoms with E-state index in [1.807, 2.05) is 60.7 Å². The Morgan fingerprint density at radius 2 is 0.806 bits per heavy atom. The van der Waals surface area contributed by atoms with E-state index < -0.39 is 0 Å². The first-order chi connectivity index (χ1) is 17.7. The smallest absolute Gasteiger partial charge is 0.224 e. The molecule has 0 unspecified atom stereocenters. The monoisotopic (exact) mass is 480 g/mol. The summed E-state index contributed by atoms with van der Waals surface area (Å²) >= 11 is 0. The van der Waals surface area contributed by atoms with Gasteiger partial charge in [-0.2, -0.15) is 0 Å². The van der Waals surface area contributed by atoms with E-state index in [0.29, 0.717) is 12.8 Å². The molecule has 36 heavy (non-hydrogen) atoms. The molecule has 4 rings (SSSR count). The number of hydrogen-bond acceptors (Lipinski definition) is 2. The molecule has 0 radical (unpaired) electrons. The topological polar surface area (TPSA) is 58.2 Å². The Morgan fingerprint density at radius 3 is 1.25 bits per heavy atom. The van der Waals surface area contributed by atoms with E-state index in [1.165, 1.54) is 12.8 Å².